The molecule has 0 aliphatic rings. The van der Waals surface area contributed by atoms with Gasteiger partial charge in [0.1, 0.15) is 0 Å². The molecule has 5 heteroatoms. The zero-order valence-corrected chi connectivity index (χ0v) is 15.9. The molecule has 0 saturated heterocycles. The van der Waals surface area contributed by atoms with Crippen molar-refractivity contribution in [3.05, 3.63) is 28.8 Å². The molecular formula is C20H29ClNO3. The minimum absolute atomic E-state index is 0.352. The summed E-state index contributed by atoms with van der Waals surface area (Å²) < 4.78 is 5.26. The summed E-state index contributed by atoms with van der Waals surface area (Å²) in [4.78, 5) is 22.4. The summed E-state index contributed by atoms with van der Waals surface area (Å²) in [5.41, 5.74) is 0.722. The monoisotopic (exact) mass is 366 g/mol. The normalized spacial score (nSPS) is 10.5. The SMILES string of the molecule is CCCCCCCCCCCCOC(=O)c1ccc(Cl)c(N[C]=O)c1. The number of amides is 1. The molecular weight excluding hydrogens is 338 g/mol. The van der Waals surface area contributed by atoms with Gasteiger partial charge in [-0.05, 0) is 24.6 Å². The molecule has 1 aromatic carbocycles. The van der Waals surface area contributed by atoms with E-state index in [0.717, 1.165) is 12.8 Å². The molecule has 0 bridgehead atoms. The number of nitrogens with one attached hydrogen (secondary N) is 1. The van der Waals surface area contributed by atoms with Crippen LogP contribution in [0.3, 0.4) is 0 Å². The first-order valence-corrected chi connectivity index (χ1v) is 9.66. The highest BCUT2D eigenvalue weighted by molar-refractivity contribution is 6.33. The summed E-state index contributed by atoms with van der Waals surface area (Å²) in [7, 11) is 0. The van der Waals surface area contributed by atoms with Crippen LogP contribution in [0.25, 0.3) is 0 Å². The van der Waals surface area contributed by atoms with Gasteiger partial charge in [-0.25, -0.2) is 4.79 Å². The molecule has 1 radical (unpaired) electrons. The maximum absolute atomic E-state index is 12.0. The molecule has 0 aliphatic heterocycles. The summed E-state index contributed by atoms with van der Waals surface area (Å²) in [5, 5.41) is 2.69. The van der Waals surface area contributed by atoms with Crippen LogP contribution in [0.15, 0.2) is 18.2 Å². The number of hydrogen-bond donors (Lipinski definition) is 1. The van der Waals surface area contributed by atoms with Gasteiger partial charge in [-0.3, -0.25) is 4.79 Å². The van der Waals surface area contributed by atoms with Crippen molar-refractivity contribution in [2.45, 2.75) is 71.1 Å². The molecule has 0 saturated carbocycles. The Kier molecular flexibility index (Phi) is 11.8. The maximum Gasteiger partial charge on any atom is 0.338 e. The second-order valence-corrected chi connectivity index (χ2v) is 6.65. The first kappa shape index (κ1) is 21.5. The topological polar surface area (TPSA) is 55.4 Å². The Morgan fingerprint density at radius 2 is 1.64 bits per heavy atom. The minimum Gasteiger partial charge on any atom is -0.462 e. The predicted molar refractivity (Wildman–Crippen MR) is 103 cm³/mol. The van der Waals surface area contributed by atoms with Crippen molar-refractivity contribution in [1.82, 2.24) is 0 Å². The fourth-order valence-corrected chi connectivity index (χ4v) is 2.81. The highest BCUT2D eigenvalue weighted by atomic mass is 35.5. The van der Waals surface area contributed by atoms with Crippen LogP contribution >= 0.6 is 11.6 Å². The smallest absolute Gasteiger partial charge is 0.338 e. The summed E-state index contributed by atoms with van der Waals surface area (Å²) in [6, 6.07) is 4.63. The average molecular weight is 367 g/mol. The highest BCUT2D eigenvalue weighted by Gasteiger charge is 2.10. The van der Waals surface area contributed by atoms with Crippen molar-refractivity contribution in [2.75, 3.05) is 11.9 Å². The number of carbonyl (C=O) groups excluding carboxylic acids is 2. The Labute approximate surface area is 156 Å². The van der Waals surface area contributed by atoms with Crippen LogP contribution in [-0.4, -0.2) is 19.0 Å². The number of unbranched alkanes of at least 4 members (excludes halogenated alkanes) is 9. The van der Waals surface area contributed by atoms with E-state index in [4.69, 9.17) is 16.3 Å². The number of benzene rings is 1. The van der Waals surface area contributed by atoms with E-state index in [-0.39, 0.29) is 0 Å². The number of hydrogen-bond acceptors (Lipinski definition) is 3. The number of anilines is 1. The molecule has 0 spiro atoms. The van der Waals surface area contributed by atoms with Crippen molar-refractivity contribution < 1.29 is 14.3 Å². The molecule has 4 nitrogen and oxygen atoms in total. The number of halogens is 1. The lowest BCUT2D eigenvalue weighted by atomic mass is 10.1. The lowest BCUT2D eigenvalue weighted by Gasteiger charge is -2.07. The van der Waals surface area contributed by atoms with Crippen LogP contribution in [0.1, 0.15) is 81.5 Å². The fourth-order valence-electron chi connectivity index (χ4n) is 2.64. The van der Waals surface area contributed by atoms with Gasteiger partial charge in [0.25, 0.3) is 0 Å². The van der Waals surface area contributed by atoms with Gasteiger partial charge in [-0.2, -0.15) is 0 Å². The van der Waals surface area contributed by atoms with E-state index in [2.05, 4.69) is 12.2 Å². The van der Waals surface area contributed by atoms with E-state index < -0.39 is 5.97 Å². The second kappa shape index (κ2) is 13.7. The maximum atomic E-state index is 12.0. The first-order valence-electron chi connectivity index (χ1n) is 9.29. The van der Waals surface area contributed by atoms with Gasteiger partial charge in [-0.1, -0.05) is 76.3 Å². The second-order valence-electron chi connectivity index (χ2n) is 6.24. The van der Waals surface area contributed by atoms with E-state index in [1.807, 2.05) is 0 Å². The third kappa shape index (κ3) is 9.49. The van der Waals surface area contributed by atoms with Gasteiger partial charge in [0.05, 0.1) is 22.9 Å². The number of carbonyl (C=O) groups is 1. The number of ether oxygens (including phenoxy) is 1. The Balaban J connectivity index is 2.11. The summed E-state index contributed by atoms with van der Waals surface area (Å²) in [6.45, 7) is 2.65. The lowest BCUT2D eigenvalue weighted by molar-refractivity contribution is 0.0497. The van der Waals surface area contributed by atoms with E-state index in [1.165, 1.54) is 57.4 Å². The number of rotatable bonds is 14. The van der Waals surface area contributed by atoms with Crippen LogP contribution in [0, 0.1) is 0 Å². The van der Waals surface area contributed by atoms with E-state index in [0.29, 0.717) is 22.9 Å². The largest absolute Gasteiger partial charge is 0.462 e. The third-order valence-corrected chi connectivity index (χ3v) is 4.45. The van der Waals surface area contributed by atoms with Gasteiger partial charge >= 0.3 is 12.4 Å². The first-order chi connectivity index (χ1) is 12.2. The molecule has 139 valence electrons. The van der Waals surface area contributed by atoms with Crippen molar-refractivity contribution >= 4 is 29.7 Å². The van der Waals surface area contributed by atoms with Gasteiger partial charge in [0.15, 0.2) is 0 Å². The van der Waals surface area contributed by atoms with Crippen LogP contribution in [0.4, 0.5) is 5.69 Å². The third-order valence-electron chi connectivity index (χ3n) is 4.12. The van der Waals surface area contributed by atoms with E-state index >= 15 is 0 Å². The zero-order chi connectivity index (χ0) is 18.3. The molecule has 0 heterocycles. The molecule has 0 aliphatic carbocycles. The zero-order valence-electron chi connectivity index (χ0n) is 15.1. The standard InChI is InChI=1S/C20H29ClNO3/c1-2-3-4-5-6-7-8-9-10-11-14-25-20(24)17-12-13-18(21)19(15-17)22-16-23/h12-13,15H,2-11,14H2,1H3,(H,22,23). The fraction of sp³-hybridized carbons (Fsp3) is 0.600. The van der Waals surface area contributed by atoms with Crippen molar-refractivity contribution in [2.24, 2.45) is 0 Å². The van der Waals surface area contributed by atoms with Crippen molar-refractivity contribution in [3.8, 4) is 0 Å². The summed E-state index contributed by atoms with van der Waals surface area (Å²) >= 11 is 5.91. The van der Waals surface area contributed by atoms with Gasteiger partial charge < -0.3 is 10.1 Å². The average Bonchev–Trinajstić information content (AvgIpc) is 2.61. The quantitative estimate of drug-likeness (QED) is 0.253. The summed E-state index contributed by atoms with van der Waals surface area (Å²) in [6.07, 6.45) is 13.9. The van der Waals surface area contributed by atoms with E-state index in [9.17, 15) is 9.59 Å². The van der Waals surface area contributed by atoms with Crippen LogP contribution in [0.2, 0.25) is 5.02 Å². The molecule has 0 fully saturated rings. The Bertz CT molecular complexity index is 520. The van der Waals surface area contributed by atoms with Gasteiger partial charge in [0.2, 0.25) is 0 Å². The molecule has 1 aromatic rings. The van der Waals surface area contributed by atoms with Crippen LogP contribution in [0.5, 0.6) is 0 Å². The molecule has 0 unspecified atom stereocenters. The molecule has 1 amide bonds. The molecule has 0 atom stereocenters. The minimum atomic E-state index is -0.401. The van der Waals surface area contributed by atoms with Gasteiger partial charge in [0, 0.05) is 0 Å². The molecule has 1 rings (SSSR count). The Morgan fingerprint density at radius 3 is 2.24 bits per heavy atom. The molecule has 0 aromatic heterocycles. The Morgan fingerprint density at radius 1 is 1.04 bits per heavy atom. The van der Waals surface area contributed by atoms with Crippen molar-refractivity contribution in [1.29, 1.82) is 0 Å². The molecule has 1 N–H and O–H groups in total. The highest BCUT2D eigenvalue weighted by Crippen LogP contribution is 2.23. The predicted octanol–water partition coefficient (Wildman–Crippen LogP) is 5.90. The van der Waals surface area contributed by atoms with E-state index in [1.54, 1.807) is 18.5 Å². The Hall–Kier alpha value is -1.55. The summed E-state index contributed by atoms with van der Waals surface area (Å²) in [5.74, 6) is -0.401. The number of esters is 1. The van der Waals surface area contributed by atoms with Gasteiger partial charge in [-0.15, -0.1) is 0 Å². The lowest BCUT2D eigenvalue weighted by Crippen LogP contribution is -2.07. The molecule has 25 heavy (non-hydrogen) atoms. The van der Waals surface area contributed by atoms with Crippen molar-refractivity contribution in [3.63, 3.8) is 0 Å². The van der Waals surface area contributed by atoms with Crippen LogP contribution in [-0.2, 0) is 9.53 Å². The van der Waals surface area contributed by atoms with Crippen LogP contribution < -0.4 is 5.32 Å².